The van der Waals surface area contributed by atoms with Crippen molar-refractivity contribution >= 4 is 11.6 Å². The number of rotatable bonds is 3. The molecule has 1 fully saturated rings. The highest BCUT2D eigenvalue weighted by molar-refractivity contribution is 5.99. The SMILES string of the molecule is NC(c1ccc2c(c1)CC(=O)N2)C1(CO)CC1. The quantitative estimate of drug-likeness (QED) is 0.726. The molecule has 1 aliphatic heterocycles. The molecule has 1 aromatic rings. The van der Waals surface area contributed by atoms with Crippen LogP contribution in [0.15, 0.2) is 18.2 Å². The minimum Gasteiger partial charge on any atom is -0.396 e. The van der Waals surface area contributed by atoms with Gasteiger partial charge < -0.3 is 16.2 Å². The molecule has 0 radical (unpaired) electrons. The molecule has 1 saturated carbocycles. The van der Waals surface area contributed by atoms with E-state index in [1.54, 1.807) is 0 Å². The van der Waals surface area contributed by atoms with Crippen molar-refractivity contribution in [2.75, 3.05) is 11.9 Å². The maximum Gasteiger partial charge on any atom is 0.228 e. The maximum atomic E-state index is 11.3. The fraction of sp³-hybridized carbons (Fsp3) is 0.462. The molecule has 1 aliphatic carbocycles. The number of carbonyl (C=O) groups is 1. The molecule has 4 N–H and O–H groups in total. The van der Waals surface area contributed by atoms with Crippen LogP contribution in [0.1, 0.15) is 30.0 Å². The van der Waals surface area contributed by atoms with Crippen LogP contribution in [0, 0.1) is 5.41 Å². The lowest BCUT2D eigenvalue weighted by Crippen LogP contribution is -2.25. The first-order valence-corrected chi connectivity index (χ1v) is 5.94. The predicted octanol–water partition coefficient (Wildman–Crippen LogP) is 0.954. The van der Waals surface area contributed by atoms with Crippen molar-refractivity contribution in [3.05, 3.63) is 29.3 Å². The monoisotopic (exact) mass is 232 g/mol. The molecule has 90 valence electrons. The van der Waals surface area contributed by atoms with Crippen LogP contribution in [0.5, 0.6) is 0 Å². The van der Waals surface area contributed by atoms with E-state index in [0.717, 1.165) is 29.7 Å². The number of amides is 1. The number of aliphatic hydroxyl groups excluding tert-OH is 1. The van der Waals surface area contributed by atoms with E-state index >= 15 is 0 Å². The maximum absolute atomic E-state index is 11.3. The van der Waals surface area contributed by atoms with Crippen molar-refractivity contribution in [2.45, 2.75) is 25.3 Å². The summed E-state index contributed by atoms with van der Waals surface area (Å²) in [5.41, 5.74) is 9.01. The van der Waals surface area contributed by atoms with E-state index in [1.165, 1.54) is 0 Å². The Hall–Kier alpha value is -1.39. The van der Waals surface area contributed by atoms with E-state index in [2.05, 4.69) is 5.32 Å². The number of hydrogen-bond donors (Lipinski definition) is 3. The lowest BCUT2D eigenvalue weighted by molar-refractivity contribution is -0.115. The van der Waals surface area contributed by atoms with Crippen molar-refractivity contribution in [3.8, 4) is 0 Å². The molecule has 1 amide bonds. The Morgan fingerprint density at radius 1 is 1.47 bits per heavy atom. The van der Waals surface area contributed by atoms with Gasteiger partial charge in [-0.3, -0.25) is 4.79 Å². The average Bonchev–Trinajstić information content (AvgIpc) is 3.03. The van der Waals surface area contributed by atoms with Crippen LogP contribution in [0.2, 0.25) is 0 Å². The van der Waals surface area contributed by atoms with Gasteiger partial charge >= 0.3 is 0 Å². The van der Waals surface area contributed by atoms with Crippen molar-refractivity contribution in [1.82, 2.24) is 0 Å². The second-order valence-corrected chi connectivity index (χ2v) is 5.14. The van der Waals surface area contributed by atoms with Gasteiger partial charge in [0.05, 0.1) is 13.0 Å². The van der Waals surface area contributed by atoms with Crippen molar-refractivity contribution < 1.29 is 9.90 Å². The highest BCUT2D eigenvalue weighted by Crippen LogP contribution is 2.53. The van der Waals surface area contributed by atoms with E-state index in [0.29, 0.717) is 6.42 Å². The van der Waals surface area contributed by atoms with Crippen molar-refractivity contribution in [1.29, 1.82) is 0 Å². The normalized spacial score (nSPS) is 21.9. The molecular weight excluding hydrogens is 216 g/mol. The number of nitrogens with two attached hydrogens (primary N) is 1. The molecule has 1 atom stereocenters. The summed E-state index contributed by atoms with van der Waals surface area (Å²) < 4.78 is 0. The molecule has 1 heterocycles. The summed E-state index contributed by atoms with van der Waals surface area (Å²) in [4.78, 5) is 11.3. The molecule has 2 aliphatic rings. The third-order valence-corrected chi connectivity index (χ3v) is 3.98. The zero-order chi connectivity index (χ0) is 12.0. The second-order valence-electron chi connectivity index (χ2n) is 5.14. The summed E-state index contributed by atoms with van der Waals surface area (Å²) in [5, 5.41) is 12.2. The second kappa shape index (κ2) is 3.55. The average molecular weight is 232 g/mol. The summed E-state index contributed by atoms with van der Waals surface area (Å²) >= 11 is 0. The van der Waals surface area contributed by atoms with Gasteiger partial charge in [0, 0.05) is 17.1 Å². The molecule has 0 saturated heterocycles. The van der Waals surface area contributed by atoms with Gasteiger partial charge in [0.2, 0.25) is 5.91 Å². The van der Waals surface area contributed by atoms with E-state index < -0.39 is 0 Å². The molecule has 4 nitrogen and oxygen atoms in total. The third-order valence-electron chi connectivity index (χ3n) is 3.98. The summed E-state index contributed by atoms with van der Waals surface area (Å²) in [5.74, 6) is 0.0361. The molecule has 4 heteroatoms. The number of anilines is 1. The smallest absolute Gasteiger partial charge is 0.228 e. The van der Waals surface area contributed by atoms with Crippen LogP contribution in [0.4, 0.5) is 5.69 Å². The number of nitrogens with one attached hydrogen (secondary N) is 1. The number of carbonyl (C=O) groups excluding carboxylic acids is 1. The zero-order valence-electron chi connectivity index (χ0n) is 9.57. The van der Waals surface area contributed by atoms with E-state index in [-0.39, 0.29) is 24.0 Å². The van der Waals surface area contributed by atoms with Gasteiger partial charge in [-0.25, -0.2) is 0 Å². The highest BCUT2D eigenvalue weighted by atomic mass is 16.3. The first kappa shape index (κ1) is 10.7. The van der Waals surface area contributed by atoms with Gasteiger partial charge in [0.1, 0.15) is 0 Å². The fourth-order valence-electron chi connectivity index (χ4n) is 2.52. The zero-order valence-corrected chi connectivity index (χ0v) is 9.57. The molecule has 1 aromatic carbocycles. The van der Waals surface area contributed by atoms with E-state index in [4.69, 9.17) is 5.73 Å². The first-order valence-electron chi connectivity index (χ1n) is 5.94. The lowest BCUT2D eigenvalue weighted by Gasteiger charge is -2.21. The highest BCUT2D eigenvalue weighted by Gasteiger charge is 2.48. The molecule has 1 unspecified atom stereocenters. The Morgan fingerprint density at radius 3 is 2.88 bits per heavy atom. The minimum absolute atomic E-state index is 0.0361. The predicted molar refractivity (Wildman–Crippen MR) is 64.5 cm³/mol. The number of hydrogen-bond acceptors (Lipinski definition) is 3. The van der Waals surface area contributed by atoms with E-state index in [9.17, 15) is 9.90 Å². The van der Waals surface area contributed by atoms with Crippen molar-refractivity contribution in [3.63, 3.8) is 0 Å². The Balaban J connectivity index is 1.90. The molecule has 0 bridgehead atoms. The molecule has 17 heavy (non-hydrogen) atoms. The largest absolute Gasteiger partial charge is 0.396 e. The Morgan fingerprint density at radius 2 is 2.24 bits per heavy atom. The minimum atomic E-state index is -0.131. The number of fused-ring (bicyclic) bond motifs is 1. The van der Waals surface area contributed by atoms with Gasteiger partial charge in [-0.05, 0) is 30.0 Å². The Bertz CT molecular complexity index is 480. The summed E-state index contributed by atoms with van der Waals surface area (Å²) in [6, 6.07) is 5.72. The van der Waals surface area contributed by atoms with Gasteiger partial charge in [-0.2, -0.15) is 0 Å². The summed E-state index contributed by atoms with van der Waals surface area (Å²) in [7, 11) is 0. The summed E-state index contributed by atoms with van der Waals surface area (Å²) in [6.07, 6.45) is 2.40. The number of benzene rings is 1. The van der Waals surface area contributed by atoms with Gasteiger partial charge in [0.15, 0.2) is 0 Å². The standard InChI is InChI=1S/C13H16N2O2/c14-12(13(7-16)3-4-13)8-1-2-10-9(5-8)6-11(17)15-10/h1-2,5,12,16H,3-4,6-7,14H2,(H,15,17). The van der Waals surface area contributed by atoms with Crippen LogP contribution in [-0.2, 0) is 11.2 Å². The lowest BCUT2D eigenvalue weighted by atomic mass is 9.90. The topological polar surface area (TPSA) is 75.4 Å². The van der Waals surface area contributed by atoms with Gasteiger partial charge in [-0.1, -0.05) is 12.1 Å². The Kier molecular flexibility index (Phi) is 2.24. The van der Waals surface area contributed by atoms with Crippen LogP contribution in [0.3, 0.4) is 0 Å². The fourth-order valence-corrected chi connectivity index (χ4v) is 2.52. The molecule has 0 spiro atoms. The first-order chi connectivity index (χ1) is 8.14. The molecular formula is C13H16N2O2. The third kappa shape index (κ3) is 1.64. The van der Waals surface area contributed by atoms with E-state index in [1.807, 2.05) is 18.2 Å². The van der Waals surface area contributed by atoms with Gasteiger partial charge in [0.25, 0.3) is 0 Å². The van der Waals surface area contributed by atoms with Gasteiger partial charge in [-0.15, -0.1) is 0 Å². The molecule has 3 rings (SSSR count). The van der Waals surface area contributed by atoms with Crippen LogP contribution in [-0.4, -0.2) is 17.6 Å². The van der Waals surface area contributed by atoms with Crippen molar-refractivity contribution in [2.24, 2.45) is 11.1 Å². The van der Waals surface area contributed by atoms with Crippen LogP contribution >= 0.6 is 0 Å². The number of aliphatic hydroxyl groups is 1. The molecule has 0 aromatic heterocycles. The van der Waals surface area contributed by atoms with Crippen LogP contribution < -0.4 is 11.1 Å². The van der Waals surface area contributed by atoms with Crippen LogP contribution in [0.25, 0.3) is 0 Å². The Labute approximate surface area is 99.8 Å². The summed E-state index contributed by atoms with van der Waals surface area (Å²) in [6.45, 7) is 0.141.